The first-order valence-corrected chi connectivity index (χ1v) is 6.76. The zero-order chi connectivity index (χ0) is 17.3. The molecule has 0 unspecified atom stereocenters. The average molecular weight is 316 g/mol. The molecule has 8 heteroatoms. The van der Waals surface area contributed by atoms with E-state index >= 15 is 0 Å². The number of carboxylic acids is 2. The Morgan fingerprint density at radius 3 is 1.77 bits per heavy atom. The molecule has 126 valence electrons. The van der Waals surface area contributed by atoms with Gasteiger partial charge >= 0.3 is 18.0 Å². The monoisotopic (exact) mass is 316 g/mol. The molecule has 1 amide bonds. The van der Waals surface area contributed by atoms with Crippen LogP contribution in [-0.2, 0) is 14.3 Å². The quantitative estimate of drug-likeness (QED) is 0.700. The minimum atomic E-state index is -1.26. The minimum Gasteiger partial charge on any atom is -0.478 e. The van der Waals surface area contributed by atoms with Crippen molar-refractivity contribution < 1.29 is 29.3 Å². The summed E-state index contributed by atoms with van der Waals surface area (Å²) in [6.07, 6.45) is 4.25. The van der Waals surface area contributed by atoms with Gasteiger partial charge in [-0.15, -0.1) is 0 Å². The highest BCUT2D eigenvalue weighted by atomic mass is 16.6. The zero-order valence-electron chi connectivity index (χ0n) is 13.4. The van der Waals surface area contributed by atoms with Crippen molar-refractivity contribution in [3.8, 4) is 0 Å². The summed E-state index contributed by atoms with van der Waals surface area (Å²) >= 11 is 0. The van der Waals surface area contributed by atoms with Gasteiger partial charge in [0, 0.05) is 38.2 Å². The fraction of sp³-hybridized carbons (Fsp3) is 0.643. The molecular formula is C14H24N2O6. The summed E-state index contributed by atoms with van der Waals surface area (Å²) in [5, 5.41) is 15.6. The molecule has 2 N–H and O–H groups in total. The summed E-state index contributed by atoms with van der Waals surface area (Å²) in [5.41, 5.74) is 0.312. The second-order valence-corrected chi connectivity index (χ2v) is 5.39. The Bertz CT molecular complexity index is 411. The zero-order valence-corrected chi connectivity index (χ0v) is 13.4. The van der Waals surface area contributed by atoms with Crippen LogP contribution in [0.4, 0.5) is 4.79 Å². The van der Waals surface area contributed by atoms with Gasteiger partial charge in [-0.3, -0.25) is 0 Å². The van der Waals surface area contributed by atoms with Gasteiger partial charge in [0.05, 0.1) is 6.61 Å². The predicted octanol–water partition coefficient (Wildman–Crippen LogP) is 0.881. The molecule has 1 fully saturated rings. The molecule has 0 aromatic rings. The number of hydrogen-bond acceptors (Lipinski definition) is 5. The van der Waals surface area contributed by atoms with Gasteiger partial charge in [-0.25, -0.2) is 14.4 Å². The maximum absolute atomic E-state index is 11.1. The van der Waals surface area contributed by atoms with Gasteiger partial charge in [0.25, 0.3) is 0 Å². The molecule has 1 saturated carbocycles. The summed E-state index contributed by atoms with van der Waals surface area (Å²) in [6.45, 7) is 0.523. The van der Waals surface area contributed by atoms with Crippen LogP contribution in [0.25, 0.3) is 0 Å². The number of hydrogen-bond donors (Lipinski definition) is 2. The van der Waals surface area contributed by atoms with Gasteiger partial charge in [0.1, 0.15) is 0 Å². The van der Waals surface area contributed by atoms with E-state index in [0.29, 0.717) is 24.3 Å². The minimum absolute atomic E-state index is 0.250. The number of nitrogens with zero attached hydrogens (tertiary/aromatic N) is 2. The van der Waals surface area contributed by atoms with Crippen molar-refractivity contribution in [2.45, 2.75) is 24.8 Å². The predicted molar refractivity (Wildman–Crippen MR) is 79.7 cm³/mol. The van der Waals surface area contributed by atoms with Crippen LogP contribution in [-0.4, -0.2) is 78.4 Å². The molecule has 22 heavy (non-hydrogen) atoms. The molecule has 8 nitrogen and oxygen atoms in total. The Morgan fingerprint density at radius 1 is 1.05 bits per heavy atom. The van der Waals surface area contributed by atoms with E-state index in [1.54, 1.807) is 14.1 Å². The molecule has 0 saturated heterocycles. The van der Waals surface area contributed by atoms with Crippen LogP contribution in [0.1, 0.15) is 19.3 Å². The van der Waals surface area contributed by atoms with Crippen molar-refractivity contribution in [1.29, 1.82) is 0 Å². The van der Waals surface area contributed by atoms with Gasteiger partial charge < -0.3 is 24.7 Å². The lowest BCUT2D eigenvalue weighted by Gasteiger charge is -2.23. The topological polar surface area (TPSA) is 107 Å². The van der Waals surface area contributed by atoms with Crippen LogP contribution in [0.5, 0.6) is 0 Å². The molecule has 0 bridgehead atoms. The highest BCUT2D eigenvalue weighted by Crippen LogP contribution is 2.42. The van der Waals surface area contributed by atoms with Gasteiger partial charge in [-0.2, -0.15) is 0 Å². The third-order valence-corrected chi connectivity index (χ3v) is 3.30. The van der Waals surface area contributed by atoms with E-state index in [2.05, 4.69) is 19.0 Å². The van der Waals surface area contributed by atoms with E-state index in [1.807, 2.05) is 0 Å². The molecule has 0 spiro atoms. The number of carboxylic acid groups (broad SMARTS) is 2. The molecule has 1 aliphatic carbocycles. The largest absolute Gasteiger partial charge is 0.478 e. The molecule has 0 aromatic carbocycles. The lowest BCUT2D eigenvalue weighted by Crippen LogP contribution is -2.32. The third kappa shape index (κ3) is 8.25. The molecule has 0 atom stereocenters. The fourth-order valence-electron chi connectivity index (χ4n) is 1.67. The number of carbonyl (C=O) groups excluding carboxylic acids is 1. The van der Waals surface area contributed by atoms with E-state index < -0.39 is 11.9 Å². The molecule has 0 aliphatic heterocycles. The van der Waals surface area contributed by atoms with Crippen molar-refractivity contribution in [3.63, 3.8) is 0 Å². The lowest BCUT2D eigenvalue weighted by molar-refractivity contribution is -0.134. The Hall–Kier alpha value is -2.09. The van der Waals surface area contributed by atoms with Gasteiger partial charge in [0.2, 0.25) is 0 Å². The third-order valence-electron chi connectivity index (χ3n) is 3.30. The average Bonchev–Trinajstić information content (AvgIpc) is 3.18. The van der Waals surface area contributed by atoms with Crippen molar-refractivity contribution >= 4 is 18.0 Å². The highest BCUT2D eigenvalue weighted by Gasteiger charge is 2.44. The SMILES string of the molecule is CN(C)C(=O)OCCC1(N(C)C)CC1.O=C(O)/C=C/C(=O)O. The van der Waals surface area contributed by atoms with Crippen molar-refractivity contribution in [1.82, 2.24) is 9.80 Å². The number of aliphatic carboxylic acids is 2. The Balaban J connectivity index is 0.000000472. The maximum Gasteiger partial charge on any atom is 0.409 e. The summed E-state index contributed by atoms with van der Waals surface area (Å²) in [7, 11) is 7.56. The number of rotatable bonds is 6. The second-order valence-electron chi connectivity index (χ2n) is 5.39. The normalized spacial score (nSPS) is 15.0. The summed E-state index contributed by atoms with van der Waals surface area (Å²) < 4.78 is 5.09. The Morgan fingerprint density at radius 2 is 1.50 bits per heavy atom. The summed E-state index contributed by atoms with van der Waals surface area (Å²) in [5.74, 6) is -2.51. The lowest BCUT2D eigenvalue weighted by atomic mass is 10.2. The van der Waals surface area contributed by atoms with Crippen molar-refractivity contribution in [2.24, 2.45) is 0 Å². The van der Waals surface area contributed by atoms with E-state index in [-0.39, 0.29) is 6.09 Å². The summed E-state index contributed by atoms with van der Waals surface area (Å²) in [6, 6.07) is 0. The Kier molecular flexibility index (Phi) is 8.18. The van der Waals surface area contributed by atoms with E-state index in [0.717, 1.165) is 6.42 Å². The smallest absolute Gasteiger partial charge is 0.409 e. The highest BCUT2D eigenvalue weighted by molar-refractivity contribution is 5.89. The van der Waals surface area contributed by atoms with Gasteiger partial charge in [-0.05, 0) is 26.9 Å². The van der Waals surface area contributed by atoms with Crippen LogP contribution < -0.4 is 0 Å². The molecule has 0 aromatic heterocycles. The van der Waals surface area contributed by atoms with E-state index in [4.69, 9.17) is 14.9 Å². The van der Waals surface area contributed by atoms with E-state index in [1.165, 1.54) is 17.7 Å². The standard InChI is InChI=1S/C10H20N2O2.C4H4O4/c1-11(2)9(13)14-8-7-10(5-6-10)12(3)4;5-3(6)1-2-4(7)8/h5-8H2,1-4H3;1-2H,(H,5,6)(H,7,8)/b;2-1+. The second kappa shape index (κ2) is 9.04. The molecule has 0 radical (unpaired) electrons. The van der Waals surface area contributed by atoms with Crippen LogP contribution >= 0.6 is 0 Å². The first kappa shape index (κ1) is 19.9. The fourth-order valence-corrected chi connectivity index (χ4v) is 1.67. The first-order valence-electron chi connectivity index (χ1n) is 6.76. The molecular weight excluding hydrogens is 292 g/mol. The van der Waals surface area contributed by atoms with E-state index in [9.17, 15) is 14.4 Å². The van der Waals surface area contributed by atoms with Crippen LogP contribution in [0.3, 0.4) is 0 Å². The number of amides is 1. The molecule has 1 aliphatic rings. The van der Waals surface area contributed by atoms with Crippen molar-refractivity contribution in [2.75, 3.05) is 34.8 Å². The van der Waals surface area contributed by atoms with Gasteiger partial charge in [-0.1, -0.05) is 0 Å². The maximum atomic E-state index is 11.1. The molecule has 1 rings (SSSR count). The first-order chi connectivity index (χ1) is 10.1. The molecule has 0 heterocycles. The summed E-state index contributed by atoms with van der Waals surface area (Å²) in [4.78, 5) is 33.9. The number of carbonyl (C=O) groups is 3. The Labute approximate surface area is 130 Å². The van der Waals surface area contributed by atoms with Crippen LogP contribution in [0.2, 0.25) is 0 Å². The van der Waals surface area contributed by atoms with Crippen LogP contribution in [0, 0.1) is 0 Å². The van der Waals surface area contributed by atoms with Gasteiger partial charge in [0.15, 0.2) is 0 Å². The van der Waals surface area contributed by atoms with Crippen molar-refractivity contribution in [3.05, 3.63) is 12.2 Å². The van der Waals surface area contributed by atoms with Crippen LogP contribution in [0.15, 0.2) is 12.2 Å². The number of ether oxygens (including phenoxy) is 1.